The van der Waals surface area contributed by atoms with Crippen LogP contribution >= 0.6 is 0 Å². The molecule has 176 valence electrons. The van der Waals surface area contributed by atoms with Gasteiger partial charge >= 0.3 is 0 Å². The van der Waals surface area contributed by atoms with Crippen molar-refractivity contribution in [3.63, 3.8) is 0 Å². The van der Waals surface area contributed by atoms with Gasteiger partial charge in [0.1, 0.15) is 11.2 Å². The van der Waals surface area contributed by atoms with Crippen molar-refractivity contribution in [1.82, 2.24) is 45.0 Å². The van der Waals surface area contributed by atoms with E-state index in [1.54, 1.807) is 12.4 Å². The summed E-state index contributed by atoms with van der Waals surface area (Å²) in [7, 11) is 0. The minimum absolute atomic E-state index is 0.674. The summed E-state index contributed by atoms with van der Waals surface area (Å²) in [6.45, 7) is 3.23. The molecule has 6 aromatic rings. The predicted octanol–water partition coefficient (Wildman–Crippen LogP) is 4.62. The Bertz CT molecular complexity index is 1680. The molecule has 0 bridgehead atoms. The molecule has 9 heteroatoms. The van der Waals surface area contributed by atoms with Crippen molar-refractivity contribution in [3.05, 3.63) is 73.2 Å². The number of aromatic nitrogens is 8. The lowest BCUT2D eigenvalue weighted by Crippen LogP contribution is -2.18. The fourth-order valence-electron chi connectivity index (χ4n) is 4.95. The number of fused-ring (bicyclic) bond motifs is 2. The van der Waals surface area contributed by atoms with Crippen molar-refractivity contribution < 1.29 is 0 Å². The van der Waals surface area contributed by atoms with Crippen LogP contribution in [0.3, 0.4) is 0 Å². The number of imidazole rings is 1. The van der Waals surface area contributed by atoms with E-state index in [9.17, 15) is 0 Å². The number of likely N-dealkylation sites (tertiary alicyclic amines) is 1. The molecule has 1 aliphatic rings. The Morgan fingerprint density at radius 1 is 0.861 bits per heavy atom. The number of rotatable bonds is 5. The lowest BCUT2D eigenvalue weighted by atomic mass is 10.1. The van der Waals surface area contributed by atoms with E-state index in [1.165, 1.54) is 18.4 Å². The second kappa shape index (κ2) is 8.62. The maximum absolute atomic E-state index is 4.91. The topological polar surface area (TPSA) is 112 Å². The van der Waals surface area contributed by atoms with E-state index in [-0.39, 0.29) is 0 Å². The van der Waals surface area contributed by atoms with Gasteiger partial charge in [0.25, 0.3) is 0 Å². The largest absolute Gasteiger partial charge is 0.335 e. The van der Waals surface area contributed by atoms with Crippen LogP contribution in [0.1, 0.15) is 18.4 Å². The monoisotopic (exact) mass is 473 g/mol. The SMILES string of the molecule is c1cncc(-c2cncc3[nH]c(-c4n[nH]c5cnc(-c6cncc(CN7CCCC7)c6)cc45)nc23)c1. The third kappa shape index (κ3) is 3.70. The van der Waals surface area contributed by atoms with Gasteiger partial charge in [-0.15, -0.1) is 0 Å². The number of pyridine rings is 4. The van der Waals surface area contributed by atoms with E-state index in [0.29, 0.717) is 5.82 Å². The molecule has 1 fully saturated rings. The molecule has 6 aromatic heterocycles. The third-order valence-electron chi connectivity index (χ3n) is 6.73. The van der Waals surface area contributed by atoms with Gasteiger partial charge in [0.15, 0.2) is 5.82 Å². The standard InChI is InChI=1S/C27H23N9/c1-2-7-36(6-1)16-17-8-19(12-29-10-17)22-9-20-23(15-31-22)34-35-26(20)27-32-24-14-30-13-21(25(24)33-27)18-4-3-5-28-11-18/h3-5,8-15H,1-2,6-7,16H2,(H,32,33)(H,34,35). The zero-order valence-corrected chi connectivity index (χ0v) is 19.5. The van der Waals surface area contributed by atoms with E-state index in [4.69, 9.17) is 4.98 Å². The normalized spacial score (nSPS) is 14.2. The van der Waals surface area contributed by atoms with E-state index in [2.05, 4.69) is 52.1 Å². The average molecular weight is 474 g/mol. The highest BCUT2D eigenvalue weighted by molar-refractivity contribution is 5.97. The van der Waals surface area contributed by atoms with Crippen LogP contribution in [0.2, 0.25) is 0 Å². The maximum Gasteiger partial charge on any atom is 0.159 e. The third-order valence-corrected chi connectivity index (χ3v) is 6.73. The van der Waals surface area contributed by atoms with Gasteiger partial charge in [-0.1, -0.05) is 6.07 Å². The quantitative estimate of drug-likeness (QED) is 0.376. The van der Waals surface area contributed by atoms with Gasteiger partial charge in [-0.3, -0.25) is 29.9 Å². The second-order valence-corrected chi connectivity index (χ2v) is 9.16. The number of hydrogen-bond acceptors (Lipinski definition) is 7. The molecule has 0 aromatic carbocycles. The second-order valence-electron chi connectivity index (χ2n) is 9.16. The molecule has 0 atom stereocenters. The van der Waals surface area contributed by atoms with Crippen LogP contribution in [0.5, 0.6) is 0 Å². The summed E-state index contributed by atoms with van der Waals surface area (Å²) >= 11 is 0. The molecule has 36 heavy (non-hydrogen) atoms. The van der Waals surface area contributed by atoms with Gasteiger partial charge in [0.2, 0.25) is 0 Å². The Morgan fingerprint density at radius 3 is 2.64 bits per heavy atom. The Morgan fingerprint density at radius 2 is 1.75 bits per heavy atom. The molecule has 0 saturated carbocycles. The van der Waals surface area contributed by atoms with Gasteiger partial charge in [0.05, 0.1) is 29.1 Å². The van der Waals surface area contributed by atoms with E-state index in [0.717, 1.165) is 69.6 Å². The number of nitrogens with one attached hydrogen (secondary N) is 2. The Kier molecular flexibility index (Phi) is 4.99. The molecule has 7 heterocycles. The number of aromatic amines is 2. The first-order chi connectivity index (χ1) is 17.8. The average Bonchev–Trinajstić information content (AvgIpc) is 3.68. The summed E-state index contributed by atoms with van der Waals surface area (Å²) in [6.07, 6.45) is 15.4. The first kappa shape index (κ1) is 20.8. The molecular formula is C27H23N9. The molecule has 7 rings (SSSR count). The van der Waals surface area contributed by atoms with Gasteiger partial charge in [-0.25, -0.2) is 4.98 Å². The molecular weight excluding hydrogens is 450 g/mol. The smallest absolute Gasteiger partial charge is 0.159 e. The highest BCUT2D eigenvalue weighted by Crippen LogP contribution is 2.32. The first-order valence-electron chi connectivity index (χ1n) is 12.1. The Hall–Kier alpha value is -4.50. The fraction of sp³-hybridized carbons (Fsp3) is 0.185. The van der Waals surface area contributed by atoms with Crippen molar-refractivity contribution in [2.24, 2.45) is 0 Å². The van der Waals surface area contributed by atoms with E-state index in [1.807, 2.05) is 43.1 Å². The van der Waals surface area contributed by atoms with Crippen molar-refractivity contribution in [1.29, 1.82) is 0 Å². The van der Waals surface area contributed by atoms with Gasteiger partial charge in [0, 0.05) is 59.6 Å². The summed E-state index contributed by atoms with van der Waals surface area (Å²) in [5, 5.41) is 8.61. The number of H-pyrrole nitrogens is 2. The highest BCUT2D eigenvalue weighted by Gasteiger charge is 2.17. The van der Waals surface area contributed by atoms with E-state index >= 15 is 0 Å². The van der Waals surface area contributed by atoms with Crippen LogP contribution in [-0.4, -0.2) is 58.1 Å². The summed E-state index contributed by atoms with van der Waals surface area (Å²) in [6, 6.07) is 8.16. The lowest BCUT2D eigenvalue weighted by molar-refractivity contribution is 0.331. The van der Waals surface area contributed by atoms with Crippen molar-refractivity contribution in [3.8, 4) is 33.9 Å². The molecule has 1 aliphatic heterocycles. The van der Waals surface area contributed by atoms with Gasteiger partial charge < -0.3 is 4.98 Å². The van der Waals surface area contributed by atoms with Gasteiger partial charge in [-0.2, -0.15) is 5.10 Å². The summed E-state index contributed by atoms with van der Waals surface area (Å²) in [4.78, 5) is 28.6. The zero-order chi connectivity index (χ0) is 23.9. The predicted molar refractivity (Wildman–Crippen MR) is 138 cm³/mol. The van der Waals surface area contributed by atoms with Crippen LogP contribution in [-0.2, 0) is 6.54 Å². The van der Waals surface area contributed by atoms with Crippen molar-refractivity contribution >= 4 is 21.9 Å². The number of hydrogen-bond donors (Lipinski definition) is 2. The zero-order valence-electron chi connectivity index (χ0n) is 19.5. The molecule has 2 N–H and O–H groups in total. The molecule has 9 nitrogen and oxygen atoms in total. The van der Waals surface area contributed by atoms with Crippen LogP contribution in [0, 0.1) is 0 Å². The molecule has 0 radical (unpaired) electrons. The number of nitrogens with zero attached hydrogens (tertiary/aromatic N) is 7. The Labute approximate surface area is 206 Å². The van der Waals surface area contributed by atoms with Crippen LogP contribution in [0.15, 0.2) is 67.6 Å². The van der Waals surface area contributed by atoms with E-state index < -0.39 is 0 Å². The summed E-state index contributed by atoms with van der Waals surface area (Å²) < 4.78 is 0. The molecule has 1 saturated heterocycles. The Balaban J connectivity index is 1.28. The summed E-state index contributed by atoms with van der Waals surface area (Å²) in [5.74, 6) is 0.674. The maximum atomic E-state index is 4.91. The molecule has 0 aliphatic carbocycles. The molecule has 0 amide bonds. The molecule has 0 unspecified atom stereocenters. The molecule has 0 spiro atoms. The van der Waals surface area contributed by atoms with Crippen molar-refractivity contribution in [2.45, 2.75) is 19.4 Å². The summed E-state index contributed by atoms with van der Waals surface area (Å²) in [5.41, 5.74) is 8.20. The lowest BCUT2D eigenvalue weighted by Gasteiger charge is -2.14. The minimum atomic E-state index is 0.674. The first-order valence-corrected chi connectivity index (χ1v) is 12.1. The van der Waals surface area contributed by atoms with Gasteiger partial charge in [-0.05, 0) is 49.7 Å². The minimum Gasteiger partial charge on any atom is -0.335 e. The van der Waals surface area contributed by atoms with Crippen LogP contribution in [0.4, 0.5) is 0 Å². The van der Waals surface area contributed by atoms with Crippen LogP contribution in [0.25, 0.3) is 55.8 Å². The van der Waals surface area contributed by atoms with Crippen LogP contribution < -0.4 is 0 Å². The fourth-order valence-corrected chi connectivity index (χ4v) is 4.95. The van der Waals surface area contributed by atoms with Crippen molar-refractivity contribution in [2.75, 3.05) is 13.1 Å². The highest BCUT2D eigenvalue weighted by atomic mass is 15.1.